The molecule has 1 amide bonds. The summed E-state index contributed by atoms with van der Waals surface area (Å²) in [6.45, 7) is 6.12. The van der Waals surface area contributed by atoms with Crippen molar-refractivity contribution in [2.75, 3.05) is 13.1 Å². The van der Waals surface area contributed by atoms with Crippen molar-refractivity contribution < 1.29 is 4.79 Å². The van der Waals surface area contributed by atoms with Gasteiger partial charge in [0.1, 0.15) is 5.15 Å². The number of piperidine rings is 1. The van der Waals surface area contributed by atoms with Crippen molar-refractivity contribution >= 4 is 17.5 Å². The Bertz CT molecular complexity index is 404. The van der Waals surface area contributed by atoms with E-state index in [1.54, 1.807) is 18.3 Å². The lowest BCUT2D eigenvalue weighted by Crippen LogP contribution is -2.42. The zero-order valence-corrected chi connectivity index (χ0v) is 10.9. The van der Waals surface area contributed by atoms with Crippen molar-refractivity contribution in [1.29, 1.82) is 0 Å². The van der Waals surface area contributed by atoms with Gasteiger partial charge in [0.05, 0.1) is 5.56 Å². The van der Waals surface area contributed by atoms with Gasteiger partial charge in [0.2, 0.25) is 0 Å². The Morgan fingerprint density at radius 3 is 2.76 bits per heavy atom. The minimum atomic E-state index is 0.0629. The molecule has 2 rings (SSSR count). The summed E-state index contributed by atoms with van der Waals surface area (Å²) in [4.78, 5) is 18.1. The Kier molecular flexibility index (Phi) is 3.67. The largest absolute Gasteiger partial charge is 0.338 e. The number of likely N-dealkylation sites (tertiary alicyclic amines) is 1. The van der Waals surface area contributed by atoms with E-state index in [0.29, 0.717) is 22.6 Å². The van der Waals surface area contributed by atoms with Crippen molar-refractivity contribution in [2.45, 2.75) is 20.3 Å². The predicted molar refractivity (Wildman–Crippen MR) is 68.1 cm³/mol. The van der Waals surface area contributed by atoms with Crippen LogP contribution in [0.3, 0.4) is 0 Å². The molecule has 1 saturated heterocycles. The second-order valence-corrected chi connectivity index (χ2v) is 5.25. The van der Waals surface area contributed by atoms with Crippen LogP contribution in [0, 0.1) is 11.8 Å². The molecule has 3 nitrogen and oxygen atoms in total. The van der Waals surface area contributed by atoms with E-state index in [9.17, 15) is 4.79 Å². The first-order valence-corrected chi connectivity index (χ1v) is 6.36. The van der Waals surface area contributed by atoms with Crippen LogP contribution in [-0.2, 0) is 0 Å². The number of carbonyl (C=O) groups excluding carboxylic acids is 1. The van der Waals surface area contributed by atoms with E-state index in [-0.39, 0.29) is 5.91 Å². The van der Waals surface area contributed by atoms with Gasteiger partial charge in [0.15, 0.2) is 0 Å². The summed E-state index contributed by atoms with van der Waals surface area (Å²) in [7, 11) is 0. The van der Waals surface area contributed by atoms with Crippen LogP contribution in [0.1, 0.15) is 30.6 Å². The number of hydrogen-bond donors (Lipinski definition) is 0. The third kappa shape index (κ3) is 2.78. The molecule has 1 aliphatic heterocycles. The third-order valence-corrected chi connectivity index (χ3v) is 3.82. The number of pyridine rings is 1. The Hall–Kier alpha value is -1.09. The monoisotopic (exact) mass is 252 g/mol. The summed E-state index contributed by atoms with van der Waals surface area (Å²) in [5, 5.41) is 0.419. The van der Waals surface area contributed by atoms with Gasteiger partial charge in [0, 0.05) is 19.3 Å². The normalized spacial score (nSPS) is 24.8. The van der Waals surface area contributed by atoms with E-state index in [1.165, 1.54) is 0 Å². The molecule has 1 aliphatic rings. The van der Waals surface area contributed by atoms with Crippen molar-refractivity contribution in [3.8, 4) is 0 Å². The van der Waals surface area contributed by atoms with Gasteiger partial charge >= 0.3 is 0 Å². The average molecular weight is 253 g/mol. The first-order valence-electron chi connectivity index (χ1n) is 5.98. The average Bonchev–Trinajstić information content (AvgIpc) is 2.33. The van der Waals surface area contributed by atoms with Crippen molar-refractivity contribution in [3.63, 3.8) is 0 Å². The summed E-state index contributed by atoms with van der Waals surface area (Å²) < 4.78 is 0. The molecule has 2 unspecified atom stereocenters. The molecule has 0 N–H and O–H groups in total. The molecule has 0 bridgehead atoms. The van der Waals surface area contributed by atoms with Gasteiger partial charge in [0.25, 0.3) is 5.91 Å². The van der Waals surface area contributed by atoms with Crippen LogP contribution in [0.4, 0.5) is 0 Å². The molecular formula is C13H17ClN2O. The molecule has 1 aromatic heterocycles. The smallest absolute Gasteiger partial charge is 0.255 e. The number of hydrogen-bond acceptors (Lipinski definition) is 2. The van der Waals surface area contributed by atoms with Crippen LogP contribution < -0.4 is 0 Å². The third-order valence-electron chi connectivity index (χ3n) is 3.60. The number of amides is 1. The minimum Gasteiger partial charge on any atom is -0.338 e. The highest BCUT2D eigenvalue weighted by molar-refractivity contribution is 6.29. The number of aromatic nitrogens is 1. The van der Waals surface area contributed by atoms with Gasteiger partial charge in [-0.3, -0.25) is 4.79 Å². The number of halogens is 1. The van der Waals surface area contributed by atoms with E-state index in [4.69, 9.17) is 11.6 Å². The van der Waals surface area contributed by atoms with E-state index in [2.05, 4.69) is 18.8 Å². The Morgan fingerprint density at radius 1 is 1.41 bits per heavy atom. The molecule has 17 heavy (non-hydrogen) atoms. The topological polar surface area (TPSA) is 33.2 Å². The van der Waals surface area contributed by atoms with Gasteiger partial charge in [-0.2, -0.15) is 0 Å². The molecule has 92 valence electrons. The number of rotatable bonds is 1. The van der Waals surface area contributed by atoms with Gasteiger partial charge in [-0.05, 0) is 30.4 Å². The lowest BCUT2D eigenvalue weighted by Gasteiger charge is -2.35. The zero-order valence-electron chi connectivity index (χ0n) is 10.2. The molecular weight excluding hydrogens is 236 g/mol. The Balaban J connectivity index is 2.08. The molecule has 0 aliphatic carbocycles. The van der Waals surface area contributed by atoms with Crippen molar-refractivity contribution in [1.82, 2.24) is 9.88 Å². The fourth-order valence-corrected chi connectivity index (χ4v) is 2.24. The molecule has 0 saturated carbocycles. The fourth-order valence-electron chi connectivity index (χ4n) is 2.13. The van der Waals surface area contributed by atoms with Crippen molar-refractivity contribution in [3.05, 3.63) is 29.0 Å². The maximum atomic E-state index is 12.2. The molecule has 1 aromatic rings. The lowest BCUT2D eigenvalue weighted by atomic mass is 9.88. The first-order chi connectivity index (χ1) is 8.08. The number of nitrogens with zero attached hydrogens (tertiary/aromatic N) is 2. The zero-order chi connectivity index (χ0) is 12.4. The molecule has 0 spiro atoms. The molecule has 1 fully saturated rings. The molecule has 4 heteroatoms. The van der Waals surface area contributed by atoms with Crippen LogP contribution in [0.2, 0.25) is 5.15 Å². The van der Waals surface area contributed by atoms with Crippen LogP contribution in [0.15, 0.2) is 18.3 Å². The standard InChI is InChI=1S/C13H17ClN2O/c1-9-5-6-16(8-10(9)2)13(17)11-3-4-12(14)15-7-11/h3-4,7,9-10H,5-6,8H2,1-2H3. The quantitative estimate of drug-likeness (QED) is 0.720. The SMILES string of the molecule is CC1CCN(C(=O)c2ccc(Cl)nc2)CC1C. The van der Waals surface area contributed by atoms with E-state index in [0.717, 1.165) is 19.5 Å². The van der Waals surface area contributed by atoms with Gasteiger partial charge < -0.3 is 4.90 Å². The van der Waals surface area contributed by atoms with Crippen LogP contribution in [0.5, 0.6) is 0 Å². The molecule has 0 aromatic carbocycles. The summed E-state index contributed by atoms with van der Waals surface area (Å²) in [5.41, 5.74) is 0.621. The fraction of sp³-hybridized carbons (Fsp3) is 0.538. The summed E-state index contributed by atoms with van der Waals surface area (Å²) >= 11 is 5.71. The van der Waals surface area contributed by atoms with Crippen LogP contribution in [-0.4, -0.2) is 28.9 Å². The highest BCUT2D eigenvalue weighted by Crippen LogP contribution is 2.23. The van der Waals surface area contributed by atoms with E-state index >= 15 is 0 Å². The second-order valence-electron chi connectivity index (χ2n) is 4.86. The van der Waals surface area contributed by atoms with E-state index in [1.807, 2.05) is 4.90 Å². The Morgan fingerprint density at radius 2 is 2.18 bits per heavy atom. The summed E-state index contributed by atoms with van der Waals surface area (Å²) in [6, 6.07) is 3.39. The van der Waals surface area contributed by atoms with Crippen molar-refractivity contribution in [2.24, 2.45) is 11.8 Å². The maximum absolute atomic E-state index is 12.2. The summed E-state index contributed by atoms with van der Waals surface area (Å²) in [5.74, 6) is 1.32. The van der Waals surface area contributed by atoms with E-state index < -0.39 is 0 Å². The molecule has 0 radical (unpaired) electrons. The second kappa shape index (κ2) is 5.05. The predicted octanol–water partition coefficient (Wildman–Crippen LogP) is 2.85. The van der Waals surface area contributed by atoms with Crippen LogP contribution >= 0.6 is 11.6 Å². The molecule has 2 atom stereocenters. The highest BCUT2D eigenvalue weighted by Gasteiger charge is 2.26. The van der Waals surface area contributed by atoms with Gasteiger partial charge in [-0.15, -0.1) is 0 Å². The highest BCUT2D eigenvalue weighted by atomic mass is 35.5. The van der Waals surface area contributed by atoms with Gasteiger partial charge in [-0.1, -0.05) is 25.4 Å². The van der Waals surface area contributed by atoms with Gasteiger partial charge in [-0.25, -0.2) is 4.98 Å². The lowest BCUT2D eigenvalue weighted by molar-refractivity contribution is 0.0627. The number of carbonyl (C=O) groups is 1. The molecule has 2 heterocycles. The maximum Gasteiger partial charge on any atom is 0.255 e. The minimum absolute atomic E-state index is 0.0629. The summed E-state index contributed by atoms with van der Waals surface area (Å²) in [6.07, 6.45) is 2.63. The first kappa shape index (κ1) is 12.4. The van der Waals surface area contributed by atoms with Crippen LogP contribution in [0.25, 0.3) is 0 Å². The Labute approximate surface area is 107 Å².